The first kappa shape index (κ1) is 13.5. The number of hydrogen-bond acceptors (Lipinski definition) is 4. The molecule has 0 bridgehead atoms. The van der Waals surface area contributed by atoms with Crippen molar-refractivity contribution in [2.45, 2.75) is 12.5 Å². The highest BCUT2D eigenvalue weighted by atomic mass is 15.5. The van der Waals surface area contributed by atoms with Gasteiger partial charge in [0.2, 0.25) is 0 Å². The smallest absolute Gasteiger partial charge is 0.110 e. The van der Waals surface area contributed by atoms with E-state index in [1.165, 1.54) is 0 Å². The number of hydrogen-bond donors (Lipinski definition) is 1. The van der Waals surface area contributed by atoms with Crippen molar-refractivity contribution in [2.75, 3.05) is 7.05 Å². The number of aryl methyl sites for hydroxylation is 1. The third kappa shape index (κ3) is 2.85. The van der Waals surface area contributed by atoms with E-state index in [0.29, 0.717) is 0 Å². The number of likely N-dealkylation sites (N-methyl/N-ethyl adjacent to an activating group) is 1. The third-order valence-electron chi connectivity index (χ3n) is 3.51. The Kier molecular flexibility index (Phi) is 3.79. The van der Waals surface area contributed by atoms with E-state index in [4.69, 9.17) is 0 Å². The number of nitrogens with zero attached hydrogens (tertiary/aromatic N) is 5. The molecule has 2 heterocycles. The van der Waals surface area contributed by atoms with Gasteiger partial charge in [-0.1, -0.05) is 18.2 Å². The van der Waals surface area contributed by atoms with Crippen LogP contribution in [0.2, 0.25) is 0 Å². The molecule has 0 spiro atoms. The van der Waals surface area contributed by atoms with Crippen LogP contribution in [0.3, 0.4) is 0 Å². The van der Waals surface area contributed by atoms with Gasteiger partial charge in [-0.15, -0.1) is 0 Å². The van der Waals surface area contributed by atoms with E-state index >= 15 is 0 Å². The molecule has 3 rings (SSSR count). The molecule has 1 atom stereocenters. The first-order chi connectivity index (χ1) is 10.3. The average Bonchev–Trinajstić information content (AvgIpc) is 3.15. The van der Waals surface area contributed by atoms with Crippen LogP contribution in [0.1, 0.15) is 17.6 Å². The quantitative estimate of drug-likeness (QED) is 0.770. The standard InChI is InChI=1S/C15H18N6/c1-16-13(10-15-17-8-9-20(15)2)14-11-18-21(19-14)12-6-4-3-5-7-12/h3-9,11,13,16H,10H2,1-2H3. The zero-order chi connectivity index (χ0) is 14.7. The molecule has 2 aromatic heterocycles. The number of aromatic nitrogens is 5. The van der Waals surface area contributed by atoms with Crippen molar-refractivity contribution < 1.29 is 0 Å². The number of para-hydroxylation sites is 1. The molecule has 0 aliphatic heterocycles. The lowest BCUT2D eigenvalue weighted by Gasteiger charge is -2.12. The zero-order valence-corrected chi connectivity index (χ0v) is 12.1. The second-order valence-corrected chi connectivity index (χ2v) is 4.89. The highest BCUT2D eigenvalue weighted by molar-refractivity contribution is 5.28. The normalized spacial score (nSPS) is 12.5. The minimum Gasteiger partial charge on any atom is -0.338 e. The molecular weight excluding hydrogens is 264 g/mol. The van der Waals surface area contributed by atoms with Crippen LogP contribution in [-0.4, -0.2) is 31.6 Å². The van der Waals surface area contributed by atoms with Crippen molar-refractivity contribution in [2.24, 2.45) is 7.05 Å². The topological polar surface area (TPSA) is 60.6 Å². The van der Waals surface area contributed by atoms with E-state index in [1.807, 2.05) is 61.4 Å². The molecule has 0 amide bonds. The maximum atomic E-state index is 4.57. The van der Waals surface area contributed by atoms with Gasteiger partial charge in [0.05, 0.1) is 17.9 Å². The summed E-state index contributed by atoms with van der Waals surface area (Å²) in [6.45, 7) is 0. The maximum absolute atomic E-state index is 4.57. The Morgan fingerprint density at radius 1 is 1.24 bits per heavy atom. The van der Waals surface area contributed by atoms with Crippen LogP contribution in [0.25, 0.3) is 5.69 Å². The summed E-state index contributed by atoms with van der Waals surface area (Å²) in [7, 11) is 3.92. The highest BCUT2D eigenvalue weighted by Crippen LogP contribution is 2.15. The maximum Gasteiger partial charge on any atom is 0.110 e. The Hall–Kier alpha value is -2.47. The summed E-state index contributed by atoms with van der Waals surface area (Å²) in [5.41, 5.74) is 1.86. The van der Waals surface area contributed by atoms with Gasteiger partial charge in [0.15, 0.2) is 0 Å². The van der Waals surface area contributed by atoms with Crippen molar-refractivity contribution in [3.63, 3.8) is 0 Å². The van der Waals surface area contributed by atoms with E-state index in [0.717, 1.165) is 23.6 Å². The minimum absolute atomic E-state index is 0.0866. The van der Waals surface area contributed by atoms with Crippen LogP contribution in [0.15, 0.2) is 48.9 Å². The summed E-state index contributed by atoms with van der Waals surface area (Å²) in [5, 5.41) is 12.2. The molecule has 108 valence electrons. The van der Waals surface area contributed by atoms with Crippen molar-refractivity contribution in [1.82, 2.24) is 29.9 Å². The summed E-state index contributed by atoms with van der Waals surface area (Å²) >= 11 is 0. The molecule has 0 saturated heterocycles. The average molecular weight is 282 g/mol. The lowest BCUT2D eigenvalue weighted by atomic mass is 10.1. The van der Waals surface area contributed by atoms with Gasteiger partial charge in [-0.2, -0.15) is 15.0 Å². The summed E-state index contributed by atoms with van der Waals surface area (Å²) in [6, 6.07) is 9.98. The Morgan fingerprint density at radius 3 is 2.71 bits per heavy atom. The first-order valence-electron chi connectivity index (χ1n) is 6.89. The van der Waals surface area contributed by atoms with Crippen LogP contribution in [0.5, 0.6) is 0 Å². The molecule has 3 aromatic rings. The summed E-state index contributed by atoms with van der Waals surface area (Å²) in [5.74, 6) is 1.02. The lowest BCUT2D eigenvalue weighted by molar-refractivity contribution is 0.544. The highest BCUT2D eigenvalue weighted by Gasteiger charge is 2.16. The van der Waals surface area contributed by atoms with Gasteiger partial charge in [0.1, 0.15) is 11.5 Å². The van der Waals surface area contributed by atoms with Crippen LogP contribution in [-0.2, 0) is 13.5 Å². The van der Waals surface area contributed by atoms with Crippen LogP contribution in [0, 0.1) is 0 Å². The number of imidazole rings is 1. The lowest BCUT2D eigenvalue weighted by Crippen LogP contribution is -2.21. The second kappa shape index (κ2) is 5.88. The van der Waals surface area contributed by atoms with Gasteiger partial charge in [-0.05, 0) is 19.2 Å². The third-order valence-corrected chi connectivity index (χ3v) is 3.51. The molecule has 1 N–H and O–H groups in total. The van der Waals surface area contributed by atoms with Gasteiger partial charge in [0, 0.05) is 25.9 Å². The van der Waals surface area contributed by atoms with E-state index in [2.05, 4.69) is 20.5 Å². The Balaban J connectivity index is 1.82. The van der Waals surface area contributed by atoms with Crippen LogP contribution < -0.4 is 5.32 Å². The molecule has 0 radical (unpaired) electrons. The number of benzene rings is 1. The summed E-state index contributed by atoms with van der Waals surface area (Å²) in [6.07, 6.45) is 6.33. The zero-order valence-electron chi connectivity index (χ0n) is 12.1. The number of nitrogens with one attached hydrogen (secondary N) is 1. The van der Waals surface area contributed by atoms with Crippen molar-refractivity contribution >= 4 is 0 Å². The first-order valence-corrected chi connectivity index (χ1v) is 6.89. The van der Waals surface area contributed by atoms with E-state index in [-0.39, 0.29) is 6.04 Å². The predicted octanol–water partition coefficient (Wildman–Crippen LogP) is 1.50. The monoisotopic (exact) mass is 282 g/mol. The fourth-order valence-electron chi connectivity index (χ4n) is 2.25. The van der Waals surface area contributed by atoms with Crippen molar-refractivity contribution in [3.8, 4) is 5.69 Å². The minimum atomic E-state index is 0.0866. The Labute approximate surface area is 123 Å². The predicted molar refractivity (Wildman–Crippen MR) is 80.1 cm³/mol. The van der Waals surface area contributed by atoms with E-state index < -0.39 is 0 Å². The van der Waals surface area contributed by atoms with Crippen molar-refractivity contribution in [1.29, 1.82) is 0 Å². The second-order valence-electron chi connectivity index (χ2n) is 4.89. The van der Waals surface area contributed by atoms with Gasteiger partial charge in [0.25, 0.3) is 0 Å². The van der Waals surface area contributed by atoms with Crippen LogP contribution >= 0.6 is 0 Å². The van der Waals surface area contributed by atoms with Crippen molar-refractivity contribution in [3.05, 3.63) is 60.4 Å². The van der Waals surface area contributed by atoms with Crippen LogP contribution in [0.4, 0.5) is 0 Å². The Bertz CT molecular complexity index is 700. The number of rotatable bonds is 5. The Morgan fingerprint density at radius 2 is 2.05 bits per heavy atom. The van der Waals surface area contributed by atoms with Gasteiger partial charge >= 0.3 is 0 Å². The van der Waals surface area contributed by atoms with Gasteiger partial charge < -0.3 is 9.88 Å². The van der Waals surface area contributed by atoms with E-state index in [1.54, 1.807) is 11.0 Å². The fraction of sp³-hybridized carbons (Fsp3) is 0.267. The molecular formula is C15H18N6. The largest absolute Gasteiger partial charge is 0.338 e. The fourth-order valence-corrected chi connectivity index (χ4v) is 2.25. The molecule has 0 fully saturated rings. The molecule has 6 nitrogen and oxygen atoms in total. The molecule has 1 aromatic carbocycles. The SMILES string of the molecule is CNC(Cc1nccn1C)c1cnn(-c2ccccc2)n1. The summed E-state index contributed by atoms with van der Waals surface area (Å²) < 4.78 is 2.02. The molecule has 0 aliphatic rings. The summed E-state index contributed by atoms with van der Waals surface area (Å²) in [4.78, 5) is 6.01. The molecule has 21 heavy (non-hydrogen) atoms. The van der Waals surface area contributed by atoms with Gasteiger partial charge in [-0.3, -0.25) is 0 Å². The van der Waals surface area contributed by atoms with Gasteiger partial charge in [-0.25, -0.2) is 4.98 Å². The molecule has 0 saturated carbocycles. The molecule has 0 aliphatic carbocycles. The molecule has 1 unspecified atom stereocenters. The molecule has 6 heteroatoms. The van der Waals surface area contributed by atoms with E-state index in [9.17, 15) is 0 Å².